The molecule has 2 aliphatic heterocycles. The second kappa shape index (κ2) is 8.48. The summed E-state index contributed by atoms with van der Waals surface area (Å²) in [4.78, 5) is 26.7. The average molecular weight is 444 g/mol. The fourth-order valence-corrected chi connectivity index (χ4v) is 4.16. The first-order valence-electron chi connectivity index (χ1n) is 7.48. The van der Waals surface area contributed by atoms with Crippen molar-refractivity contribution in [2.45, 2.75) is 40.2 Å². The highest BCUT2D eigenvalue weighted by Gasteiger charge is 2.53. The van der Waals surface area contributed by atoms with Gasteiger partial charge in [-0.1, -0.05) is 53.1 Å². The topological polar surface area (TPSA) is 58.6 Å². The standard InChI is InChI=1S/C15H17Cl3N2O3S2/c1-3-4-5-10(24)19-11-12(21)20-9(6-8(2)25-13(11)20)14(22)23-7-15(16,17)18/h3,6,8,11,13H,1,4-5,7H2,2H3,(H,19,24)/t8?,11?,13-/m0/s1. The summed E-state index contributed by atoms with van der Waals surface area (Å²) in [6.45, 7) is 5.18. The number of ether oxygens (including phenoxy) is 1. The number of nitrogens with zero attached hydrogens (tertiary/aromatic N) is 1. The lowest BCUT2D eigenvalue weighted by atomic mass is 10.0. The first-order chi connectivity index (χ1) is 11.6. The lowest BCUT2D eigenvalue weighted by Crippen LogP contribution is -2.70. The van der Waals surface area contributed by atoms with Crippen LogP contribution in [0, 0.1) is 0 Å². The van der Waals surface area contributed by atoms with Gasteiger partial charge >= 0.3 is 5.97 Å². The monoisotopic (exact) mass is 442 g/mol. The maximum atomic E-state index is 12.5. The Morgan fingerprint density at radius 3 is 2.84 bits per heavy atom. The van der Waals surface area contributed by atoms with Crippen molar-refractivity contribution in [2.24, 2.45) is 0 Å². The minimum absolute atomic E-state index is 0.0238. The zero-order chi connectivity index (χ0) is 18.8. The molecule has 1 fully saturated rings. The number of allylic oxidation sites excluding steroid dienone is 1. The molecule has 0 aliphatic carbocycles. The highest BCUT2D eigenvalue weighted by molar-refractivity contribution is 8.00. The van der Waals surface area contributed by atoms with E-state index in [2.05, 4.69) is 11.9 Å². The van der Waals surface area contributed by atoms with E-state index in [1.807, 2.05) is 6.92 Å². The molecular formula is C15H17Cl3N2O3S2. The highest BCUT2D eigenvalue weighted by Crippen LogP contribution is 2.41. The molecule has 5 nitrogen and oxygen atoms in total. The smallest absolute Gasteiger partial charge is 0.354 e. The van der Waals surface area contributed by atoms with Gasteiger partial charge in [-0.05, 0) is 19.4 Å². The van der Waals surface area contributed by atoms with E-state index < -0.39 is 22.4 Å². The first-order valence-corrected chi connectivity index (χ1v) is 9.97. The molecule has 1 amide bonds. The number of hydrogen-bond donors (Lipinski definition) is 1. The van der Waals surface area contributed by atoms with Crippen molar-refractivity contribution < 1.29 is 14.3 Å². The number of thioether (sulfide) groups is 1. The predicted molar refractivity (Wildman–Crippen MR) is 106 cm³/mol. The van der Waals surface area contributed by atoms with Gasteiger partial charge in [-0.3, -0.25) is 9.69 Å². The van der Waals surface area contributed by atoms with E-state index in [9.17, 15) is 9.59 Å². The van der Waals surface area contributed by atoms with Crippen molar-refractivity contribution in [3.05, 3.63) is 24.4 Å². The molecule has 0 saturated carbocycles. The first kappa shape index (κ1) is 20.8. The van der Waals surface area contributed by atoms with Crippen LogP contribution in [0.25, 0.3) is 0 Å². The Morgan fingerprint density at radius 1 is 1.56 bits per heavy atom. The molecule has 138 valence electrons. The summed E-state index contributed by atoms with van der Waals surface area (Å²) in [7, 11) is 0. The number of carbonyl (C=O) groups is 2. The summed E-state index contributed by atoms with van der Waals surface area (Å²) in [5.41, 5.74) is 0.172. The fraction of sp³-hybridized carbons (Fsp3) is 0.533. The Bertz CT molecular complexity index is 622. The molecule has 2 rings (SSSR count). The van der Waals surface area contributed by atoms with Gasteiger partial charge in [-0.2, -0.15) is 0 Å². The number of esters is 1. The van der Waals surface area contributed by atoms with Crippen LogP contribution in [0.5, 0.6) is 0 Å². The van der Waals surface area contributed by atoms with E-state index in [1.165, 1.54) is 4.90 Å². The van der Waals surface area contributed by atoms with Crippen LogP contribution in [0.1, 0.15) is 19.8 Å². The largest absolute Gasteiger partial charge is 0.456 e. The SMILES string of the molecule is C=CCCC(=S)NC1C(=O)N2C(C(=O)OCC(Cl)(Cl)Cl)=CC(C)S[C@@H]12. The van der Waals surface area contributed by atoms with Crippen molar-refractivity contribution in [3.63, 3.8) is 0 Å². The number of fused-ring (bicyclic) bond motifs is 1. The maximum absolute atomic E-state index is 12.5. The second-order valence-corrected chi connectivity index (χ2v) is 10.1. The lowest BCUT2D eigenvalue weighted by molar-refractivity contribution is -0.151. The quantitative estimate of drug-likeness (QED) is 0.223. The van der Waals surface area contributed by atoms with Crippen LogP contribution in [0.15, 0.2) is 24.4 Å². The van der Waals surface area contributed by atoms with Gasteiger partial charge in [0.15, 0.2) is 0 Å². The highest BCUT2D eigenvalue weighted by atomic mass is 35.6. The fourth-order valence-electron chi connectivity index (χ4n) is 2.42. The van der Waals surface area contributed by atoms with Gasteiger partial charge in [0.25, 0.3) is 5.91 Å². The third-order valence-electron chi connectivity index (χ3n) is 3.52. The van der Waals surface area contributed by atoms with Crippen LogP contribution in [-0.4, -0.2) is 48.8 Å². The molecule has 1 saturated heterocycles. The molecule has 0 bridgehead atoms. The van der Waals surface area contributed by atoms with Crippen LogP contribution in [0.3, 0.4) is 0 Å². The zero-order valence-electron chi connectivity index (χ0n) is 13.3. The Hall–Kier alpha value is -0.470. The van der Waals surface area contributed by atoms with E-state index in [0.29, 0.717) is 11.4 Å². The molecule has 2 unspecified atom stereocenters. The lowest BCUT2D eigenvalue weighted by Gasteiger charge is -2.50. The summed E-state index contributed by atoms with van der Waals surface area (Å²) >= 11 is 23.6. The maximum Gasteiger partial charge on any atom is 0.354 e. The normalized spacial score (nSPS) is 25.4. The van der Waals surface area contributed by atoms with E-state index in [-0.39, 0.29) is 22.2 Å². The molecule has 1 N–H and O–H groups in total. The van der Waals surface area contributed by atoms with Crippen molar-refractivity contribution in [3.8, 4) is 0 Å². The number of halogens is 3. The Kier molecular flexibility index (Phi) is 7.07. The minimum atomic E-state index is -1.70. The van der Waals surface area contributed by atoms with Gasteiger partial charge in [-0.15, -0.1) is 18.3 Å². The summed E-state index contributed by atoms with van der Waals surface area (Å²) in [5.74, 6) is -0.924. The molecule has 3 atom stereocenters. The van der Waals surface area contributed by atoms with Gasteiger partial charge in [0.1, 0.15) is 23.7 Å². The summed E-state index contributed by atoms with van der Waals surface area (Å²) in [5, 5.41) is 2.86. The number of amides is 1. The van der Waals surface area contributed by atoms with Crippen LogP contribution in [0.4, 0.5) is 0 Å². The van der Waals surface area contributed by atoms with E-state index in [0.717, 1.165) is 6.42 Å². The van der Waals surface area contributed by atoms with E-state index in [4.69, 9.17) is 51.8 Å². The predicted octanol–water partition coefficient (Wildman–Crippen LogP) is 3.34. The van der Waals surface area contributed by atoms with Gasteiger partial charge in [-0.25, -0.2) is 4.79 Å². The van der Waals surface area contributed by atoms with Crippen molar-refractivity contribution in [1.29, 1.82) is 0 Å². The molecule has 10 heteroatoms. The number of rotatable bonds is 6. The van der Waals surface area contributed by atoms with Gasteiger partial charge in [0.05, 0.1) is 4.99 Å². The number of hydrogen-bond acceptors (Lipinski definition) is 5. The van der Waals surface area contributed by atoms with Gasteiger partial charge in [0.2, 0.25) is 3.79 Å². The number of alkyl halides is 3. The van der Waals surface area contributed by atoms with E-state index >= 15 is 0 Å². The molecule has 2 aliphatic rings. The molecular weight excluding hydrogens is 427 g/mol. The van der Waals surface area contributed by atoms with Gasteiger partial charge < -0.3 is 10.1 Å². The zero-order valence-corrected chi connectivity index (χ0v) is 17.2. The van der Waals surface area contributed by atoms with Crippen LogP contribution >= 0.6 is 58.8 Å². The Balaban J connectivity index is 2.04. The van der Waals surface area contributed by atoms with Crippen molar-refractivity contribution in [1.82, 2.24) is 10.2 Å². The third kappa shape index (κ3) is 5.26. The summed E-state index contributed by atoms with van der Waals surface area (Å²) < 4.78 is 3.30. The molecule has 0 aromatic rings. The second-order valence-electron chi connectivity index (χ2n) is 5.56. The molecule has 2 heterocycles. The van der Waals surface area contributed by atoms with E-state index in [1.54, 1.807) is 23.9 Å². The number of β-lactam (4-membered cyclic amide) rings is 1. The van der Waals surface area contributed by atoms with Crippen LogP contribution in [-0.2, 0) is 14.3 Å². The summed E-state index contributed by atoms with van der Waals surface area (Å²) in [6.07, 6.45) is 4.80. The van der Waals surface area contributed by atoms with Gasteiger partial charge in [0, 0.05) is 11.7 Å². The van der Waals surface area contributed by atoms with Crippen LogP contribution in [0.2, 0.25) is 0 Å². The molecule has 0 radical (unpaired) electrons. The van der Waals surface area contributed by atoms with Crippen molar-refractivity contribution in [2.75, 3.05) is 6.61 Å². The number of nitrogens with one attached hydrogen (secondary N) is 1. The molecule has 25 heavy (non-hydrogen) atoms. The number of carbonyl (C=O) groups excluding carboxylic acids is 2. The molecule has 0 spiro atoms. The number of thiocarbonyl (C=S) groups is 1. The molecule has 0 aromatic carbocycles. The Labute approximate surface area is 171 Å². The van der Waals surface area contributed by atoms with Crippen LogP contribution < -0.4 is 5.32 Å². The van der Waals surface area contributed by atoms with Crippen molar-refractivity contribution >= 4 is 75.6 Å². The summed E-state index contributed by atoms with van der Waals surface area (Å²) in [6, 6.07) is -0.463. The molecule has 0 aromatic heterocycles. The average Bonchev–Trinajstić information content (AvgIpc) is 2.54. The third-order valence-corrected chi connectivity index (χ3v) is 5.49. The Morgan fingerprint density at radius 2 is 2.24 bits per heavy atom. The minimum Gasteiger partial charge on any atom is -0.456 e.